The van der Waals surface area contributed by atoms with Gasteiger partial charge in [-0.05, 0) is 66.6 Å². The van der Waals surface area contributed by atoms with Crippen LogP contribution in [0.25, 0.3) is 0 Å². The quantitative estimate of drug-likeness (QED) is 0.476. The van der Waals surface area contributed by atoms with E-state index in [1.54, 1.807) is 0 Å². The summed E-state index contributed by atoms with van der Waals surface area (Å²) in [4.78, 5) is 0. The minimum absolute atomic E-state index is 0.552. The average molecular weight is 272 g/mol. The van der Waals surface area contributed by atoms with Crippen molar-refractivity contribution in [3.05, 3.63) is 11.6 Å². The molecule has 0 aromatic rings. The second kappa shape index (κ2) is 3.55. The molecule has 0 aromatic heterocycles. The molecule has 0 unspecified atom stereocenters. The largest absolute Gasteiger partial charge is 0.0839 e. The van der Waals surface area contributed by atoms with Crippen molar-refractivity contribution < 1.29 is 0 Å². The molecular weight excluding hydrogens is 240 g/mol. The summed E-state index contributed by atoms with van der Waals surface area (Å²) in [5, 5.41) is 0. The summed E-state index contributed by atoms with van der Waals surface area (Å²) in [7, 11) is 0. The Hall–Kier alpha value is -0.260. The van der Waals surface area contributed by atoms with Gasteiger partial charge in [0, 0.05) is 5.41 Å². The van der Waals surface area contributed by atoms with Crippen molar-refractivity contribution in [1.82, 2.24) is 0 Å². The van der Waals surface area contributed by atoms with Gasteiger partial charge in [0.25, 0.3) is 0 Å². The van der Waals surface area contributed by atoms with Gasteiger partial charge in [0.15, 0.2) is 0 Å². The standard InChI is InChI=1S/C20H32/c1-14-7-6-10-18(4)12-9-16-17(2,3)13-19(5)11-8-15(14)20(16,18)19/h8,14,16H,6-7,9-13H2,1-5H3/t14-,16-,18+,19-,20+/m1/s1. The van der Waals surface area contributed by atoms with Crippen LogP contribution in [0.1, 0.15) is 79.6 Å². The van der Waals surface area contributed by atoms with Gasteiger partial charge < -0.3 is 0 Å². The molecule has 0 nitrogen and oxygen atoms in total. The summed E-state index contributed by atoms with van der Waals surface area (Å²) in [6, 6.07) is 0. The van der Waals surface area contributed by atoms with Gasteiger partial charge >= 0.3 is 0 Å². The third kappa shape index (κ3) is 1.19. The average Bonchev–Trinajstić information content (AvgIpc) is 2.82. The first kappa shape index (κ1) is 13.4. The lowest BCUT2D eigenvalue weighted by molar-refractivity contribution is -0.0000699. The fourth-order valence-corrected chi connectivity index (χ4v) is 8.18. The van der Waals surface area contributed by atoms with E-state index in [1.807, 2.05) is 5.57 Å². The number of hydrogen-bond donors (Lipinski definition) is 0. The van der Waals surface area contributed by atoms with Crippen molar-refractivity contribution in [1.29, 1.82) is 0 Å². The van der Waals surface area contributed by atoms with Gasteiger partial charge in [-0.25, -0.2) is 0 Å². The Balaban J connectivity index is 1.99. The second-order valence-corrected chi connectivity index (χ2v) is 9.84. The molecule has 1 spiro atoms. The predicted molar refractivity (Wildman–Crippen MR) is 85.5 cm³/mol. The molecule has 4 rings (SSSR count). The SMILES string of the molecule is C[C@@H]1CCC[C@@]2(C)CC[C@@H]3C(C)(C)C[C@@]4(C)CC=C1[C@]324. The predicted octanol–water partition coefficient (Wildman–Crippen LogP) is 5.98. The third-order valence-electron chi connectivity index (χ3n) is 8.33. The Labute approximate surface area is 125 Å². The van der Waals surface area contributed by atoms with Gasteiger partial charge in [-0.15, -0.1) is 0 Å². The molecule has 0 aromatic carbocycles. The van der Waals surface area contributed by atoms with Crippen LogP contribution < -0.4 is 0 Å². The van der Waals surface area contributed by atoms with E-state index in [1.165, 1.54) is 44.9 Å². The van der Waals surface area contributed by atoms with E-state index in [0.717, 1.165) is 11.8 Å². The smallest absolute Gasteiger partial charge is 0.00584 e. The Bertz CT molecular complexity index is 484. The van der Waals surface area contributed by atoms with Crippen LogP contribution in [-0.4, -0.2) is 0 Å². The van der Waals surface area contributed by atoms with E-state index in [4.69, 9.17) is 0 Å². The Morgan fingerprint density at radius 2 is 1.75 bits per heavy atom. The van der Waals surface area contributed by atoms with E-state index in [2.05, 4.69) is 40.7 Å². The van der Waals surface area contributed by atoms with Crippen molar-refractivity contribution >= 4 is 0 Å². The monoisotopic (exact) mass is 272 g/mol. The zero-order chi connectivity index (χ0) is 14.4. The molecule has 0 aliphatic heterocycles. The molecule has 20 heavy (non-hydrogen) atoms. The maximum Gasteiger partial charge on any atom is 0.00584 e. The van der Waals surface area contributed by atoms with Gasteiger partial charge in [-0.1, -0.05) is 52.7 Å². The fraction of sp³-hybridized carbons (Fsp3) is 0.900. The van der Waals surface area contributed by atoms with E-state index in [0.29, 0.717) is 21.7 Å². The van der Waals surface area contributed by atoms with E-state index in [-0.39, 0.29) is 0 Å². The molecule has 0 amide bonds. The number of allylic oxidation sites excluding steroid dienone is 2. The molecule has 0 heteroatoms. The summed E-state index contributed by atoms with van der Waals surface area (Å²) in [5.41, 5.74) is 4.16. The van der Waals surface area contributed by atoms with Crippen LogP contribution in [0.3, 0.4) is 0 Å². The first-order valence-electron chi connectivity index (χ1n) is 8.97. The highest BCUT2D eigenvalue weighted by atomic mass is 14.8. The van der Waals surface area contributed by atoms with Crippen molar-refractivity contribution in [2.75, 3.05) is 0 Å². The molecule has 0 saturated heterocycles. The molecule has 112 valence electrons. The molecule has 0 N–H and O–H groups in total. The van der Waals surface area contributed by atoms with E-state index >= 15 is 0 Å². The van der Waals surface area contributed by atoms with Gasteiger partial charge in [-0.2, -0.15) is 0 Å². The molecule has 4 aliphatic carbocycles. The lowest BCUT2D eigenvalue weighted by atomic mass is 9.51. The van der Waals surface area contributed by atoms with Crippen molar-refractivity contribution in [3.8, 4) is 0 Å². The normalized spacial score (nSPS) is 56.1. The molecule has 3 fully saturated rings. The van der Waals surface area contributed by atoms with Crippen LogP contribution in [0.5, 0.6) is 0 Å². The van der Waals surface area contributed by atoms with Crippen LogP contribution in [-0.2, 0) is 0 Å². The van der Waals surface area contributed by atoms with Gasteiger partial charge in [0.1, 0.15) is 0 Å². The summed E-state index contributed by atoms with van der Waals surface area (Å²) >= 11 is 0. The maximum absolute atomic E-state index is 2.71. The molecule has 0 radical (unpaired) electrons. The van der Waals surface area contributed by atoms with E-state index < -0.39 is 0 Å². The van der Waals surface area contributed by atoms with Crippen molar-refractivity contribution in [3.63, 3.8) is 0 Å². The highest BCUT2D eigenvalue weighted by Crippen LogP contribution is 2.83. The highest BCUT2D eigenvalue weighted by Gasteiger charge is 2.75. The van der Waals surface area contributed by atoms with Gasteiger partial charge in [0.05, 0.1) is 0 Å². The summed E-state index contributed by atoms with van der Waals surface area (Å²) in [6.07, 6.45) is 12.9. The molecule has 5 atom stereocenters. The summed E-state index contributed by atoms with van der Waals surface area (Å²) < 4.78 is 0. The zero-order valence-corrected chi connectivity index (χ0v) is 14.2. The van der Waals surface area contributed by atoms with Crippen LogP contribution in [0, 0.1) is 33.5 Å². The van der Waals surface area contributed by atoms with Crippen LogP contribution in [0.2, 0.25) is 0 Å². The summed E-state index contributed by atoms with van der Waals surface area (Å²) in [6.45, 7) is 13.0. The Kier molecular flexibility index (Phi) is 2.38. The van der Waals surface area contributed by atoms with Crippen molar-refractivity contribution in [2.45, 2.75) is 79.6 Å². The number of rotatable bonds is 0. The highest BCUT2D eigenvalue weighted by molar-refractivity contribution is 5.40. The van der Waals surface area contributed by atoms with Crippen LogP contribution in [0.15, 0.2) is 11.6 Å². The molecule has 3 saturated carbocycles. The third-order valence-corrected chi connectivity index (χ3v) is 8.33. The van der Waals surface area contributed by atoms with Crippen molar-refractivity contribution in [2.24, 2.45) is 33.5 Å². The maximum atomic E-state index is 2.71. The Morgan fingerprint density at radius 3 is 2.50 bits per heavy atom. The molecule has 0 bridgehead atoms. The lowest BCUT2D eigenvalue weighted by Gasteiger charge is -2.52. The first-order valence-corrected chi connectivity index (χ1v) is 8.97. The topological polar surface area (TPSA) is 0 Å². The fourth-order valence-electron chi connectivity index (χ4n) is 8.18. The Morgan fingerprint density at radius 1 is 1.00 bits per heavy atom. The van der Waals surface area contributed by atoms with Gasteiger partial charge in [0.2, 0.25) is 0 Å². The minimum Gasteiger partial charge on any atom is -0.0839 e. The molecular formula is C20H32. The first-order chi connectivity index (χ1) is 9.27. The van der Waals surface area contributed by atoms with Crippen LogP contribution in [0.4, 0.5) is 0 Å². The molecule has 0 heterocycles. The number of hydrogen-bond acceptors (Lipinski definition) is 0. The van der Waals surface area contributed by atoms with Gasteiger partial charge in [-0.3, -0.25) is 0 Å². The minimum atomic E-state index is 0.552. The van der Waals surface area contributed by atoms with E-state index in [9.17, 15) is 0 Å². The second-order valence-electron chi connectivity index (χ2n) is 9.84. The molecule has 4 aliphatic rings. The zero-order valence-electron chi connectivity index (χ0n) is 14.2. The lowest BCUT2D eigenvalue weighted by Crippen LogP contribution is -2.47. The summed E-state index contributed by atoms with van der Waals surface area (Å²) in [5.74, 6) is 1.78. The van der Waals surface area contributed by atoms with Crippen LogP contribution >= 0.6 is 0 Å².